The summed E-state index contributed by atoms with van der Waals surface area (Å²) in [5, 5.41) is 5.44. The lowest BCUT2D eigenvalue weighted by Crippen LogP contribution is -1.95. The molecule has 26 heavy (non-hydrogen) atoms. The average molecular weight is 348 g/mol. The predicted molar refractivity (Wildman–Crippen MR) is 106 cm³/mol. The highest BCUT2D eigenvalue weighted by Crippen LogP contribution is 2.30. The molecule has 3 heterocycles. The highest BCUT2D eigenvalue weighted by atomic mass is 15.3. The highest BCUT2D eigenvalue weighted by Gasteiger charge is 2.13. The van der Waals surface area contributed by atoms with Crippen molar-refractivity contribution in [3.05, 3.63) is 36.4 Å². The Hall–Kier alpha value is -2.89. The first kappa shape index (κ1) is 16.6. The van der Waals surface area contributed by atoms with E-state index in [9.17, 15) is 0 Å². The van der Waals surface area contributed by atoms with Gasteiger partial charge >= 0.3 is 0 Å². The van der Waals surface area contributed by atoms with Gasteiger partial charge in [0.15, 0.2) is 0 Å². The number of aryl methyl sites for hydroxylation is 2. The second kappa shape index (κ2) is 6.78. The summed E-state index contributed by atoms with van der Waals surface area (Å²) in [4.78, 5) is 12.7. The maximum Gasteiger partial charge on any atom is 0.150 e. The van der Waals surface area contributed by atoms with Crippen LogP contribution >= 0.6 is 0 Å². The lowest BCUT2D eigenvalue weighted by Gasteiger charge is -2.04. The van der Waals surface area contributed by atoms with Crippen LogP contribution in [0.1, 0.15) is 38.9 Å². The summed E-state index contributed by atoms with van der Waals surface area (Å²) in [7, 11) is 0. The van der Waals surface area contributed by atoms with Crippen LogP contribution in [0.2, 0.25) is 0 Å². The summed E-state index contributed by atoms with van der Waals surface area (Å²) >= 11 is 0. The molecular weight excluding hydrogens is 324 g/mol. The first-order valence-electron chi connectivity index (χ1n) is 9.30. The van der Waals surface area contributed by atoms with Crippen LogP contribution in [0.4, 0.5) is 5.82 Å². The minimum Gasteiger partial charge on any atom is -0.382 e. The Balaban J connectivity index is 1.79. The molecule has 0 aliphatic carbocycles. The molecule has 6 heteroatoms. The molecule has 6 nitrogen and oxygen atoms in total. The van der Waals surface area contributed by atoms with Crippen molar-refractivity contribution in [2.24, 2.45) is 0 Å². The number of nitrogens with zero attached hydrogens (tertiary/aromatic N) is 4. The number of unbranched alkanes of at least 4 members (excludes halogenated alkanes) is 1. The van der Waals surface area contributed by atoms with Crippen LogP contribution < -0.4 is 5.73 Å². The van der Waals surface area contributed by atoms with E-state index < -0.39 is 0 Å². The summed E-state index contributed by atoms with van der Waals surface area (Å²) in [6, 6.07) is 6.26. The van der Waals surface area contributed by atoms with Gasteiger partial charge in [-0.05, 0) is 30.5 Å². The number of nitrogens with two attached hydrogens (primary N) is 1. The fraction of sp³-hybridized carbons (Fsp3) is 0.350. The van der Waals surface area contributed by atoms with E-state index in [0.717, 1.165) is 71.1 Å². The van der Waals surface area contributed by atoms with Crippen molar-refractivity contribution in [3.63, 3.8) is 0 Å². The summed E-state index contributed by atoms with van der Waals surface area (Å²) < 4.78 is 1.97. The first-order valence-corrected chi connectivity index (χ1v) is 9.30. The zero-order chi connectivity index (χ0) is 18.1. The molecule has 0 aliphatic heterocycles. The second-order valence-electron chi connectivity index (χ2n) is 6.73. The van der Waals surface area contributed by atoms with E-state index in [4.69, 9.17) is 10.7 Å². The topological polar surface area (TPSA) is 85.4 Å². The van der Waals surface area contributed by atoms with Crippen LogP contribution in [0.5, 0.6) is 0 Å². The van der Waals surface area contributed by atoms with Crippen molar-refractivity contribution >= 4 is 27.8 Å². The Morgan fingerprint density at radius 2 is 2.00 bits per heavy atom. The molecule has 4 aromatic rings. The fourth-order valence-electron chi connectivity index (χ4n) is 3.32. The highest BCUT2D eigenvalue weighted by molar-refractivity contribution is 6.07. The standard InChI is InChI=1S/C20H24N6/c1-3-5-6-17-24-18-15-8-7-13(14-11-22-26(12-14)9-4-2)10-16(15)23-20(21)19(18)25-17/h7-8,10-12H,3-6,9H2,1-2H3,(H2,21,23)(H,24,25). The van der Waals surface area contributed by atoms with Gasteiger partial charge in [-0.1, -0.05) is 26.3 Å². The third kappa shape index (κ3) is 2.92. The summed E-state index contributed by atoms with van der Waals surface area (Å²) in [6.07, 6.45) is 8.22. The van der Waals surface area contributed by atoms with Gasteiger partial charge in [0.2, 0.25) is 0 Å². The molecule has 134 valence electrons. The predicted octanol–water partition coefficient (Wildman–Crippen LogP) is 4.31. The second-order valence-corrected chi connectivity index (χ2v) is 6.73. The Morgan fingerprint density at radius 3 is 2.81 bits per heavy atom. The molecule has 1 aromatic carbocycles. The molecule has 0 atom stereocenters. The molecule has 0 radical (unpaired) electrons. The fourth-order valence-corrected chi connectivity index (χ4v) is 3.32. The lowest BCUT2D eigenvalue weighted by molar-refractivity contribution is 0.603. The Morgan fingerprint density at radius 1 is 1.12 bits per heavy atom. The van der Waals surface area contributed by atoms with Crippen LogP contribution in [0.15, 0.2) is 30.6 Å². The van der Waals surface area contributed by atoms with Crippen LogP contribution in [-0.4, -0.2) is 24.7 Å². The normalized spacial score (nSPS) is 11.6. The number of hydrogen-bond donors (Lipinski definition) is 2. The van der Waals surface area contributed by atoms with Gasteiger partial charge in [-0.3, -0.25) is 4.68 Å². The molecule has 0 spiro atoms. The van der Waals surface area contributed by atoms with Crippen LogP contribution in [-0.2, 0) is 13.0 Å². The number of nitrogen functional groups attached to an aromatic ring is 1. The first-order chi connectivity index (χ1) is 12.7. The van der Waals surface area contributed by atoms with E-state index >= 15 is 0 Å². The maximum atomic E-state index is 6.20. The Bertz CT molecular complexity index is 1060. The van der Waals surface area contributed by atoms with E-state index in [0.29, 0.717) is 5.82 Å². The third-order valence-electron chi connectivity index (χ3n) is 4.69. The minimum absolute atomic E-state index is 0.501. The van der Waals surface area contributed by atoms with E-state index in [-0.39, 0.29) is 0 Å². The van der Waals surface area contributed by atoms with Crippen molar-refractivity contribution < 1.29 is 0 Å². The molecule has 3 aromatic heterocycles. The number of hydrogen-bond acceptors (Lipinski definition) is 4. The zero-order valence-corrected chi connectivity index (χ0v) is 15.3. The average Bonchev–Trinajstić information content (AvgIpc) is 3.27. The molecule has 0 saturated carbocycles. The number of benzene rings is 1. The lowest BCUT2D eigenvalue weighted by atomic mass is 10.1. The third-order valence-corrected chi connectivity index (χ3v) is 4.69. The minimum atomic E-state index is 0.501. The summed E-state index contributed by atoms with van der Waals surface area (Å²) in [5.41, 5.74) is 11.0. The van der Waals surface area contributed by atoms with E-state index in [1.807, 2.05) is 10.9 Å². The largest absolute Gasteiger partial charge is 0.382 e. The van der Waals surface area contributed by atoms with Crippen LogP contribution in [0, 0.1) is 0 Å². The quantitative estimate of drug-likeness (QED) is 0.544. The number of pyridine rings is 1. The van der Waals surface area contributed by atoms with Gasteiger partial charge in [-0.2, -0.15) is 5.10 Å². The van der Waals surface area contributed by atoms with E-state index in [1.165, 1.54) is 0 Å². The van der Waals surface area contributed by atoms with Gasteiger partial charge in [0.1, 0.15) is 22.7 Å². The molecule has 0 aliphatic rings. The van der Waals surface area contributed by atoms with Crippen molar-refractivity contribution in [1.29, 1.82) is 0 Å². The molecular formula is C20H24N6. The van der Waals surface area contributed by atoms with Gasteiger partial charge in [-0.25, -0.2) is 9.97 Å². The summed E-state index contributed by atoms with van der Waals surface area (Å²) in [6.45, 7) is 5.25. The number of anilines is 1. The molecule has 0 unspecified atom stereocenters. The number of nitrogens with one attached hydrogen (secondary N) is 1. The van der Waals surface area contributed by atoms with Crippen molar-refractivity contribution in [1.82, 2.24) is 24.7 Å². The Labute approximate surface area is 152 Å². The van der Waals surface area contributed by atoms with Gasteiger partial charge < -0.3 is 10.7 Å². The van der Waals surface area contributed by atoms with Gasteiger partial charge in [0.25, 0.3) is 0 Å². The van der Waals surface area contributed by atoms with E-state index in [2.05, 4.69) is 53.3 Å². The van der Waals surface area contributed by atoms with Crippen LogP contribution in [0.25, 0.3) is 33.1 Å². The molecule has 0 bridgehead atoms. The molecule has 4 rings (SSSR count). The zero-order valence-electron chi connectivity index (χ0n) is 15.3. The number of imidazole rings is 1. The van der Waals surface area contributed by atoms with Crippen molar-refractivity contribution in [2.75, 3.05) is 5.73 Å². The maximum absolute atomic E-state index is 6.20. The number of aromatic amines is 1. The Kier molecular flexibility index (Phi) is 4.32. The molecule has 3 N–H and O–H groups in total. The van der Waals surface area contributed by atoms with Crippen molar-refractivity contribution in [3.8, 4) is 11.1 Å². The van der Waals surface area contributed by atoms with Gasteiger partial charge in [-0.15, -0.1) is 0 Å². The monoisotopic (exact) mass is 348 g/mol. The number of rotatable bonds is 6. The molecule has 0 amide bonds. The van der Waals surface area contributed by atoms with Gasteiger partial charge in [0.05, 0.1) is 11.7 Å². The number of H-pyrrole nitrogens is 1. The molecule has 0 saturated heterocycles. The van der Waals surface area contributed by atoms with E-state index in [1.54, 1.807) is 0 Å². The van der Waals surface area contributed by atoms with Crippen LogP contribution in [0.3, 0.4) is 0 Å². The number of aromatic nitrogens is 5. The SMILES string of the molecule is CCCCc1nc2c([nH]1)c(N)nc1cc(-c3cnn(CCC)c3)ccc12. The molecule has 0 fully saturated rings. The van der Waals surface area contributed by atoms with Gasteiger partial charge in [0, 0.05) is 30.1 Å². The van der Waals surface area contributed by atoms with Crippen molar-refractivity contribution in [2.45, 2.75) is 46.1 Å². The number of fused-ring (bicyclic) bond motifs is 3. The summed E-state index contributed by atoms with van der Waals surface area (Å²) in [5.74, 6) is 1.48. The smallest absolute Gasteiger partial charge is 0.150 e.